The van der Waals surface area contributed by atoms with Crippen LogP contribution in [-0.2, 0) is 6.18 Å². The average Bonchev–Trinajstić information content (AvgIpc) is 2.59. The summed E-state index contributed by atoms with van der Waals surface area (Å²) in [6.07, 6.45) is -2.02. The van der Waals surface area contributed by atoms with Gasteiger partial charge in [0.05, 0.1) is 22.5 Å². The summed E-state index contributed by atoms with van der Waals surface area (Å²) in [5, 5.41) is 8.98. The molecule has 3 aliphatic heterocycles. The van der Waals surface area contributed by atoms with Crippen LogP contribution in [0.25, 0.3) is 5.70 Å². The van der Waals surface area contributed by atoms with Crippen LogP contribution in [0.2, 0.25) is 0 Å². The highest BCUT2D eigenvalue weighted by Crippen LogP contribution is 2.45. The molecule has 0 atom stereocenters. The van der Waals surface area contributed by atoms with E-state index < -0.39 is 17.6 Å². The van der Waals surface area contributed by atoms with Gasteiger partial charge in [-0.05, 0) is 31.2 Å². The molecule has 1 N–H and O–H groups in total. The number of rotatable bonds is 2. The molecular formula is C18H19F4N5. The first-order chi connectivity index (χ1) is 12.8. The van der Waals surface area contributed by atoms with E-state index in [1.54, 1.807) is 6.21 Å². The lowest BCUT2D eigenvalue weighted by Crippen LogP contribution is -2.61. The molecule has 0 saturated carbocycles. The number of likely N-dealkylation sites (N-methyl/N-ethyl adjacent to an activating group) is 1. The van der Waals surface area contributed by atoms with Crippen molar-refractivity contribution >= 4 is 23.6 Å². The Hall–Kier alpha value is -2.42. The zero-order valence-electron chi connectivity index (χ0n) is 14.9. The fourth-order valence-corrected chi connectivity index (χ4v) is 3.57. The van der Waals surface area contributed by atoms with Crippen LogP contribution in [0.15, 0.2) is 27.8 Å². The van der Waals surface area contributed by atoms with Crippen molar-refractivity contribution in [1.82, 2.24) is 15.2 Å². The summed E-state index contributed by atoms with van der Waals surface area (Å²) in [5.41, 5.74) is 0.0290. The van der Waals surface area contributed by atoms with Crippen LogP contribution < -0.4 is 5.32 Å². The third-order valence-corrected chi connectivity index (χ3v) is 5.15. The Balaban J connectivity index is 1.89. The number of hydrazone groups is 1. The van der Waals surface area contributed by atoms with Gasteiger partial charge < -0.3 is 10.2 Å². The lowest BCUT2D eigenvalue weighted by Gasteiger charge is -2.45. The predicted octanol–water partition coefficient (Wildman–Crippen LogP) is 3.56. The van der Waals surface area contributed by atoms with E-state index in [1.807, 2.05) is 18.9 Å². The highest BCUT2D eigenvalue weighted by atomic mass is 19.4. The number of halogens is 4. The van der Waals surface area contributed by atoms with Crippen molar-refractivity contribution in [3.63, 3.8) is 0 Å². The van der Waals surface area contributed by atoms with E-state index in [0.717, 1.165) is 11.6 Å². The number of hydrogen-bond donors (Lipinski definition) is 1. The smallest absolute Gasteiger partial charge is 0.337 e. The summed E-state index contributed by atoms with van der Waals surface area (Å²) in [6.45, 7) is 3.31. The Kier molecular flexibility index (Phi) is 4.21. The summed E-state index contributed by atoms with van der Waals surface area (Å²) < 4.78 is 54.6. The fourth-order valence-electron chi connectivity index (χ4n) is 3.57. The summed E-state index contributed by atoms with van der Waals surface area (Å²) in [6, 6.07) is 2.31. The molecule has 1 aromatic carbocycles. The van der Waals surface area contributed by atoms with Crippen molar-refractivity contribution < 1.29 is 17.6 Å². The Morgan fingerprint density at radius 1 is 1.26 bits per heavy atom. The van der Waals surface area contributed by atoms with E-state index in [-0.39, 0.29) is 11.3 Å². The standard InChI is InChI=1S/C18H19F4N5/c1-3-10-6-7-24-27-16(10)14-13(5-4-12(15(14)19)18(20,21)22)25-17(27)26-8-11(9-26)23-2/h4-5,7,11,23H,3,6,8-9H2,1-2H3. The van der Waals surface area contributed by atoms with E-state index in [1.165, 1.54) is 11.1 Å². The number of alkyl halides is 3. The number of guanidine groups is 1. The van der Waals surface area contributed by atoms with Crippen LogP contribution >= 0.6 is 0 Å². The average molecular weight is 381 g/mol. The van der Waals surface area contributed by atoms with Gasteiger partial charge in [-0.3, -0.25) is 0 Å². The van der Waals surface area contributed by atoms with Gasteiger partial charge in [-0.2, -0.15) is 18.3 Å². The minimum absolute atomic E-state index is 0.118. The molecule has 144 valence electrons. The van der Waals surface area contributed by atoms with Crippen LogP contribution in [0.4, 0.5) is 23.2 Å². The topological polar surface area (TPSA) is 43.2 Å². The van der Waals surface area contributed by atoms with Gasteiger partial charge in [0.1, 0.15) is 5.82 Å². The van der Waals surface area contributed by atoms with Crippen molar-refractivity contribution in [2.24, 2.45) is 10.1 Å². The van der Waals surface area contributed by atoms with E-state index >= 15 is 0 Å². The lowest BCUT2D eigenvalue weighted by molar-refractivity contribution is -0.140. The zero-order valence-corrected chi connectivity index (χ0v) is 14.9. The number of fused-ring (bicyclic) bond motifs is 3. The molecule has 5 nitrogen and oxygen atoms in total. The Morgan fingerprint density at radius 3 is 2.63 bits per heavy atom. The number of hydrogen-bond acceptors (Lipinski definition) is 5. The van der Waals surface area contributed by atoms with Gasteiger partial charge in [0, 0.05) is 31.8 Å². The van der Waals surface area contributed by atoms with Gasteiger partial charge >= 0.3 is 6.18 Å². The molecule has 3 aliphatic rings. The van der Waals surface area contributed by atoms with Gasteiger partial charge in [-0.25, -0.2) is 14.4 Å². The summed E-state index contributed by atoms with van der Waals surface area (Å²) >= 11 is 0. The molecule has 27 heavy (non-hydrogen) atoms. The molecule has 0 aliphatic carbocycles. The van der Waals surface area contributed by atoms with Crippen molar-refractivity contribution in [3.8, 4) is 0 Å². The fraction of sp³-hybridized carbons (Fsp3) is 0.444. The van der Waals surface area contributed by atoms with Crippen LogP contribution in [-0.4, -0.2) is 48.3 Å². The Labute approximate surface area is 154 Å². The second-order valence-corrected chi connectivity index (χ2v) is 6.74. The monoisotopic (exact) mass is 381 g/mol. The maximum Gasteiger partial charge on any atom is 0.419 e. The molecule has 3 heterocycles. The largest absolute Gasteiger partial charge is 0.419 e. The first-order valence-corrected chi connectivity index (χ1v) is 8.80. The molecule has 4 rings (SSSR count). The number of benzene rings is 1. The van der Waals surface area contributed by atoms with Crippen LogP contribution in [0.1, 0.15) is 30.9 Å². The minimum atomic E-state index is -4.77. The van der Waals surface area contributed by atoms with Crippen molar-refractivity contribution in [1.29, 1.82) is 0 Å². The Morgan fingerprint density at radius 2 is 2.00 bits per heavy atom. The molecule has 1 aromatic rings. The van der Waals surface area contributed by atoms with Crippen LogP contribution in [0.5, 0.6) is 0 Å². The van der Waals surface area contributed by atoms with Gasteiger partial charge in [0.2, 0.25) is 5.96 Å². The van der Waals surface area contributed by atoms with Crippen LogP contribution in [0, 0.1) is 5.82 Å². The second-order valence-electron chi connectivity index (χ2n) is 6.74. The van der Waals surface area contributed by atoms with Crippen molar-refractivity contribution in [3.05, 3.63) is 34.6 Å². The Bertz CT molecular complexity index is 865. The first kappa shape index (κ1) is 18.0. The number of aliphatic imine (C=N–C) groups is 1. The van der Waals surface area contributed by atoms with E-state index in [2.05, 4.69) is 15.4 Å². The normalized spacial score (nSPS) is 19.7. The molecule has 0 aromatic heterocycles. The summed E-state index contributed by atoms with van der Waals surface area (Å²) in [4.78, 5) is 6.44. The zero-order chi connectivity index (χ0) is 19.3. The van der Waals surface area contributed by atoms with Gasteiger partial charge in [0.25, 0.3) is 0 Å². The SMILES string of the molecule is CCC1=C2c3c(ccc(C(F)(F)F)c3F)N=C(N3CC(NC)C3)N2N=CC1. The first-order valence-electron chi connectivity index (χ1n) is 8.80. The maximum absolute atomic E-state index is 14.9. The molecule has 0 radical (unpaired) electrons. The highest BCUT2D eigenvalue weighted by Gasteiger charge is 2.42. The van der Waals surface area contributed by atoms with Gasteiger partial charge in [-0.15, -0.1) is 0 Å². The molecule has 0 bridgehead atoms. The number of allylic oxidation sites excluding steroid dienone is 1. The lowest BCUT2D eigenvalue weighted by atomic mass is 9.95. The molecule has 0 amide bonds. The molecular weight excluding hydrogens is 362 g/mol. The minimum Gasteiger partial charge on any atom is -0.337 e. The van der Waals surface area contributed by atoms with Crippen LogP contribution in [0.3, 0.4) is 0 Å². The molecule has 9 heteroatoms. The van der Waals surface area contributed by atoms with E-state index in [4.69, 9.17) is 0 Å². The quantitative estimate of drug-likeness (QED) is 0.797. The van der Waals surface area contributed by atoms with E-state index in [0.29, 0.717) is 43.6 Å². The number of nitrogens with zero attached hydrogens (tertiary/aromatic N) is 4. The molecule has 0 spiro atoms. The third kappa shape index (κ3) is 2.80. The summed E-state index contributed by atoms with van der Waals surface area (Å²) in [5.74, 6) is -0.771. The molecule has 1 saturated heterocycles. The highest BCUT2D eigenvalue weighted by molar-refractivity contribution is 6.00. The predicted molar refractivity (Wildman–Crippen MR) is 95.1 cm³/mol. The molecule has 0 unspecified atom stereocenters. The number of likely N-dealkylation sites (tertiary alicyclic amines) is 1. The van der Waals surface area contributed by atoms with Crippen molar-refractivity contribution in [2.75, 3.05) is 20.1 Å². The van der Waals surface area contributed by atoms with Gasteiger partial charge in [-0.1, -0.05) is 6.92 Å². The number of nitrogens with one attached hydrogen (secondary N) is 1. The summed E-state index contributed by atoms with van der Waals surface area (Å²) in [7, 11) is 1.87. The second kappa shape index (κ2) is 6.33. The van der Waals surface area contributed by atoms with Crippen molar-refractivity contribution in [2.45, 2.75) is 32.0 Å². The van der Waals surface area contributed by atoms with Gasteiger partial charge in [0.15, 0.2) is 0 Å². The molecule has 1 fully saturated rings. The van der Waals surface area contributed by atoms with E-state index in [9.17, 15) is 17.6 Å². The third-order valence-electron chi connectivity index (χ3n) is 5.15. The maximum atomic E-state index is 14.9.